The Morgan fingerprint density at radius 3 is 2.30 bits per heavy atom. The van der Waals surface area contributed by atoms with Gasteiger partial charge in [-0.2, -0.15) is 0 Å². The molecule has 2 fully saturated rings. The molecule has 2 saturated heterocycles. The van der Waals surface area contributed by atoms with E-state index in [9.17, 15) is 4.79 Å². The van der Waals surface area contributed by atoms with Crippen LogP contribution in [0.2, 0.25) is 0 Å². The Morgan fingerprint density at radius 2 is 1.63 bits per heavy atom. The van der Waals surface area contributed by atoms with Crippen molar-refractivity contribution in [2.75, 3.05) is 57.3 Å². The molecule has 0 unspecified atom stereocenters. The van der Waals surface area contributed by atoms with Crippen LogP contribution in [0.5, 0.6) is 0 Å². The Labute approximate surface area is 161 Å². The lowest BCUT2D eigenvalue weighted by Crippen LogP contribution is -2.48. The first-order chi connectivity index (χ1) is 13.1. The van der Waals surface area contributed by atoms with Gasteiger partial charge in [0.25, 0.3) is 5.56 Å². The number of hydrogen-bond donors (Lipinski definition) is 0. The molecule has 1 aromatic heterocycles. The summed E-state index contributed by atoms with van der Waals surface area (Å²) in [6, 6.07) is 6.22. The van der Waals surface area contributed by atoms with Gasteiger partial charge in [-0.1, -0.05) is 0 Å². The monoisotopic (exact) mass is 369 g/mol. The van der Waals surface area contributed by atoms with Crippen LogP contribution in [-0.2, 0) is 0 Å². The zero-order valence-electron chi connectivity index (χ0n) is 16.6. The predicted molar refractivity (Wildman–Crippen MR) is 111 cm³/mol. The number of aromatic nitrogens is 2. The molecule has 1 aromatic carbocycles. The minimum atomic E-state index is 0.0493. The summed E-state index contributed by atoms with van der Waals surface area (Å²) < 4.78 is 1.70. The zero-order valence-corrected chi connectivity index (χ0v) is 16.6. The van der Waals surface area contributed by atoms with E-state index in [2.05, 4.69) is 31.8 Å². The van der Waals surface area contributed by atoms with Crippen molar-refractivity contribution in [1.29, 1.82) is 0 Å². The largest absolute Gasteiger partial charge is 0.369 e. The van der Waals surface area contributed by atoms with Crippen molar-refractivity contribution in [3.63, 3.8) is 0 Å². The van der Waals surface area contributed by atoms with Gasteiger partial charge >= 0.3 is 0 Å². The van der Waals surface area contributed by atoms with Crippen LogP contribution in [0.15, 0.2) is 29.3 Å². The van der Waals surface area contributed by atoms with E-state index in [1.54, 1.807) is 10.9 Å². The first-order valence-corrected chi connectivity index (χ1v) is 10.3. The maximum absolute atomic E-state index is 12.6. The highest BCUT2D eigenvalue weighted by Gasteiger charge is 2.19. The quantitative estimate of drug-likeness (QED) is 0.808. The lowest BCUT2D eigenvalue weighted by molar-refractivity contribution is 0.215. The first-order valence-electron chi connectivity index (χ1n) is 10.3. The van der Waals surface area contributed by atoms with E-state index in [0.29, 0.717) is 5.39 Å². The molecule has 4 rings (SSSR count). The van der Waals surface area contributed by atoms with Gasteiger partial charge in [0.05, 0.1) is 17.2 Å². The van der Waals surface area contributed by atoms with Gasteiger partial charge in [-0.3, -0.25) is 14.3 Å². The Balaban J connectivity index is 1.40. The lowest BCUT2D eigenvalue weighted by Gasteiger charge is -2.36. The zero-order chi connectivity index (χ0) is 18.8. The molecule has 6 nitrogen and oxygen atoms in total. The normalized spacial score (nSPS) is 19.4. The number of fused-ring (bicyclic) bond motifs is 1. The Bertz CT molecular complexity index is 832. The van der Waals surface area contributed by atoms with Crippen LogP contribution in [0.4, 0.5) is 5.69 Å². The van der Waals surface area contributed by atoms with Crippen molar-refractivity contribution >= 4 is 16.6 Å². The molecular weight excluding hydrogens is 338 g/mol. The van der Waals surface area contributed by atoms with Crippen molar-refractivity contribution in [3.8, 4) is 0 Å². The number of anilines is 1. The second kappa shape index (κ2) is 7.98. The van der Waals surface area contributed by atoms with E-state index in [1.807, 2.05) is 19.9 Å². The summed E-state index contributed by atoms with van der Waals surface area (Å²) in [5, 5.41) is 0.708. The van der Waals surface area contributed by atoms with Crippen LogP contribution in [0.3, 0.4) is 0 Å². The first kappa shape index (κ1) is 18.4. The number of piperazine rings is 1. The highest BCUT2D eigenvalue weighted by Crippen LogP contribution is 2.21. The fourth-order valence-electron chi connectivity index (χ4n) is 4.21. The van der Waals surface area contributed by atoms with Crippen LogP contribution >= 0.6 is 0 Å². The molecule has 0 aliphatic carbocycles. The topological polar surface area (TPSA) is 44.6 Å². The average Bonchev–Trinajstić information content (AvgIpc) is 3.20. The SMILES string of the molecule is CC(C)n1cnc2cc(N3CCN(CCN4CCCC4)CC3)ccc2c1=O. The third-order valence-electron chi connectivity index (χ3n) is 5.99. The van der Waals surface area contributed by atoms with E-state index >= 15 is 0 Å². The predicted octanol–water partition coefficient (Wildman–Crippen LogP) is 2.20. The number of benzene rings is 1. The molecule has 0 spiro atoms. The minimum absolute atomic E-state index is 0.0493. The maximum Gasteiger partial charge on any atom is 0.261 e. The molecule has 0 saturated carbocycles. The van der Waals surface area contributed by atoms with E-state index in [-0.39, 0.29) is 11.6 Å². The molecule has 0 radical (unpaired) electrons. The van der Waals surface area contributed by atoms with Gasteiger partial charge in [0.2, 0.25) is 0 Å². The standard InChI is InChI=1S/C21H31N5O/c1-17(2)26-16-22-20-15-18(5-6-19(20)21(26)27)25-13-11-24(12-14-25)10-9-23-7-3-4-8-23/h5-6,15-17H,3-4,7-14H2,1-2H3. The fraction of sp³-hybridized carbons (Fsp3) is 0.619. The van der Waals surface area contributed by atoms with Gasteiger partial charge in [-0.15, -0.1) is 0 Å². The van der Waals surface area contributed by atoms with Crippen molar-refractivity contribution in [2.24, 2.45) is 0 Å². The number of rotatable bonds is 5. The van der Waals surface area contributed by atoms with E-state index in [1.165, 1.54) is 44.7 Å². The minimum Gasteiger partial charge on any atom is -0.369 e. The molecule has 0 N–H and O–H groups in total. The Hall–Kier alpha value is -1.92. The van der Waals surface area contributed by atoms with Crippen LogP contribution < -0.4 is 10.5 Å². The number of hydrogen-bond acceptors (Lipinski definition) is 5. The Kier molecular flexibility index (Phi) is 5.45. The van der Waals surface area contributed by atoms with Crippen molar-refractivity contribution in [3.05, 3.63) is 34.9 Å². The Morgan fingerprint density at radius 1 is 0.963 bits per heavy atom. The van der Waals surface area contributed by atoms with Crippen molar-refractivity contribution < 1.29 is 0 Å². The van der Waals surface area contributed by atoms with Gasteiger partial charge in [0.1, 0.15) is 0 Å². The summed E-state index contributed by atoms with van der Waals surface area (Å²) in [6.45, 7) is 13.2. The fourth-order valence-corrected chi connectivity index (χ4v) is 4.21. The van der Waals surface area contributed by atoms with Crippen LogP contribution in [-0.4, -0.2) is 71.7 Å². The van der Waals surface area contributed by atoms with Gasteiger partial charge in [0.15, 0.2) is 0 Å². The highest BCUT2D eigenvalue weighted by molar-refractivity contribution is 5.81. The summed E-state index contributed by atoms with van der Waals surface area (Å²) in [4.78, 5) is 24.7. The van der Waals surface area contributed by atoms with E-state index in [4.69, 9.17) is 0 Å². The maximum atomic E-state index is 12.6. The van der Waals surface area contributed by atoms with Gasteiger partial charge in [-0.25, -0.2) is 4.98 Å². The summed E-state index contributed by atoms with van der Waals surface area (Å²) in [5.41, 5.74) is 2.02. The highest BCUT2D eigenvalue weighted by atomic mass is 16.1. The average molecular weight is 370 g/mol. The van der Waals surface area contributed by atoms with Gasteiger partial charge in [0, 0.05) is 51.0 Å². The smallest absolute Gasteiger partial charge is 0.261 e. The summed E-state index contributed by atoms with van der Waals surface area (Å²) >= 11 is 0. The molecular formula is C21H31N5O. The molecule has 146 valence electrons. The number of nitrogens with zero attached hydrogens (tertiary/aromatic N) is 5. The summed E-state index contributed by atoms with van der Waals surface area (Å²) in [6.07, 6.45) is 4.41. The van der Waals surface area contributed by atoms with Crippen LogP contribution in [0.1, 0.15) is 32.7 Å². The molecule has 3 heterocycles. The van der Waals surface area contributed by atoms with Crippen LogP contribution in [0, 0.1) is 0 Å². The third-order valence-corrected chi connectivity index (χ3v) is 5.99. The number of likely N-dealkylation sites (tertiary alicyclic amines) is 1. The lowest BCUT2D eigenvalue weighted by atomic mass is 10.2. The molecule has 0 amide bonds. The third kappa shape index (κ3) is 4.01. The van der Waals surface area contributed by atoms with Gasteiger partial charge < -0.3 is 9.80 Å². The second-order valence-electron chi connectivity index (χ2n) is 8.13. The summed E-state index contributed by atoms with van der Waals surface area (Å²) in [5.74, 6) is 0. The van der Waals surface area contributed by atoms with E-state index < -0.39 is 0 Å². The molecule has 27 heavy (non-hydrogen) atoms. The molecule has 0 atom stereocenters. The molecule has 2 aliphatic heterocycles. The molecule has 2 aromatic rings. The van der Waals surface area contributed by atoms with Crippen molar-refractivity contribution in [2.45, 2.75) is 32.7 Å². The molecule has 6 heteroatoms. The molecule has 2 aliphatic rings. The van der Waals surface area contributed by atoms with E-state index in [0.717, 1.165) is 31.7 Å². The second-order valence-corrected chi connectivity index (χ2v) is 8.13. The summed E-state index contributed by atoms with van der Waals surface area (Å²) in [7, 11) is 0. The van der Waals surface area contributed by atoms with Crippen LogP contribution in [0.25, 0.3) is 10.9 Å². The molecule has 0 bridgehead atoms. The van der Waals surface area contributed by atoms with Crippen molar-refractivity contribution in [1.82, 2.24) is 19.4 Å². The van der Waals surface area contributed by atoms with Gasteiger partial charge in [-0.05, 0) is 58.0 Å².